The van der Waals surface area contributed by atoms with Crippen LogP contribution < -0.4 is 5.32 Å². The van der Waals surface area contributed by atoms with E-state index >= 15 is 0 Å². The fourth-order valence-electron chi connectivity index (χ4n) is 2.22. The molecule has 0 bridgehead atoms. The van der Waals surface area contributed by atoms with Gasteiger partial charge in [-0.1, -0.05) is 31.0 Å². The monoisotopic (exact) mass is 189 g/mol. The molecule has 1 saturated carbocycles. The maximum atomic E-state index is 3.62. The first kappa shape index (κ1) is 9.57. The van der Waals surface area contributed by atoms with E-state index in [1.807, 2.05) is 0 Å². The molecule has 0 radical (unpaired) electrons. The number of aryl methyl sites for hydroxylation is 1. The van der Waals surface area contributed by atoms with Gasteiger partial charge in [-0.05, 0) is 37.8 Å². The standard InChI is InChI=1S/C13H19N/c1-10-6-8-12(9-7-10)14-13-5-3-4-11(13)2/h6-9,11,13-14H,3-5H2,1-2H3. The van der Waals surface area contributed by atoms with Crippen LogP contribution in [0.1, 0.15) is 31.7 Å². The van der Waals surface area contributed by atoms with Gasteiger partial charge < -0.3 is 5.32 Å². The predicted molar refractivity (Wildman–Crippen MR) is 61.6 cm³/mol. The summed E-state index contributed by atoms with van der Waals surface area (Å²) in [5, 5.41) is 3.62. The third-order valence-electron chi connectivity index (χ3n) is 3.27. The van der Waals surface area contributed by atoms with Crippen molar-refractivity contribution in [3.8, 4) is 0 Å². The Hall–Kier alpha value is -0.980. The summed E-state index contributed by atoms with van der Waals surface area (Å²) in [6.07, 6.45) is 4.09. The third kappa shape index (κ3) is 2.09. The van der Waals surface area contributed by atoms with Crippen LogP contribution in [0.5, 0.6) is 0 Å². The second-order valence-corrected chi connectivity index (χ2v) is 4.53. The van der Waals surface area contributed by atoms with Gasteiger partial charge in [-0.15, -0.1) is 0 Å². The Morgan fingerprint density at radius 1 is 1.14 bits per heavy atom. The normalized spacial score (nSPS) is 26.4. The Morgan fingerprint density at radius 3 is 2.43 bits per heavy atom. The highest BCUT2D eigenvalue weighted by Crippen LogP contribution is 2.27. The van der Waals surface area contributed by atoms with E-state index in [-0.39, 0.29) is 0 Å². The molecule has 14 heavy (non-hydrogen) atoms. The Labute approximate surface area is 86.5 Å². The van der Waals surface area contributed by atoms with E-state index in [9.17, 15) is 0 Å². The lowest BCUT2D eigenvalue weighted by Gasteiger charge is -2.18. The van der Waals surface area contributed by atoms with E-state index in [1.54, 1.807) is 0 Å². The van der Waals surface area contributed by atoms with Gasteiger partial charge in [0, 0.05) is 11.7 Å². The number of rotatable bonds is 2. The second kappa shape index (κ2) is 4.04. The minimum atomic E-state index is 0.692. The number of benzene rings is 1. The molecular formula is C13H19N. The highest BCUT2D eigenvalue weighted by Gasteiger charge is 2.22. The number of hydrogen-bond acceptors (Lipinski definition) is 1. The molecule has 1 aromatic carbocycles. The zero-order chi connectivity index (χ0) is 9.97. The van der Waals surface area contributed by atoms with Gasteiger partial charge in [0.2, 0.25) is 0 Å². The fraction of sp³-hybridized carbons (Fsp3) is 0.538. The van der Waals surface area contributed by atoms with E-state index in [0.29, 0.717) is 6.04 Å². The van der Waals surface area contributed by atoms with Crippen LogP contribution in [0.25, 0.3) is 0 Å². The molecule has 1 aliphatic carbocycles. The molecule has 1 aromatic rings. The van der Waals surface area contributed by atoms with Crippen molar-refractivity contribution in [3.05, 3.63) is 29.8 Å². The number of hydrogen-bond donors (Lipinski definition) is 1. The molecule has 0 aromatic heterocycles. The van der Waals surface area contributed by atoms with E-state index in [4.69, 9.17) is 0 Å². The molecule has 1 heteroatoms. The quantitative estimate of drug-likeness (QED) is 0.749. The molecule has 0 heterocycles. The molecule has 2 rings (SSSR count). The van der Waals surface area contributed by atoms with Crippen LogP contribution >= 0.6 is 0 Å². The first-order chi connectivity index (χ1) is 6.75. The first-order valence-electron chi connectivity index (χ1n) is 5.59. The van der Waals surface area contributed by atoms with E-state index in [1.165, 1.54) is 30.5 Å². The molecule has 76 valence electrons. The Bertz CT molecular complexity index is 289. The highest BCUT2D eigenvalue weighted by atomic mass is 14.9. The summed E-state index contributed by atoms with van der Waals surface area (Å²) in [6.45, 7) is 4.47. The molecular weight excluding hydrogens is 170 g/mol. The van der Waals surface area contributed by atoms with Gasteiger partial charge in [-0.3, -0.25) is 0 Å². The maximum Gasteiger partial charge on any atom is 0.0342 e. The molecule has 1 N–H and O–H groups in total. The van der Waals surface area contributed by atoms with Gasteiger partial charge in [0.25, 0.3) is 0 Å². The molecule has 0 spiro atoms. The van der Waals surface area contributed by atoms with E-state index in [0.717, 1.165) is 5.92 Å². The lowest BCUT2D eigenvalue weighted by molar-refractivity contribution is 0.556. The van der Waals surface area contributed by atoms with Crippen LogP contribution in [0.4, 0.5) is 5.69 Å². The summed E-state index contributed by atoms with van der Waals surface area (Å²) < 4.78 is 0. The van der Waals surface area contributed by atoms with Crippen molar-refractivity contribution < 1.29 is 0 Å². The summed E-state index contributed by atoms with van der Waals surface area (Å²) in [6, 6.07) is 9.39. The topological polar surface area (TPSA) is 12.0 Å². The number of anilines is 1. The van der Waals surface area contributed by atoms with Crippen LogP contribution in [0, 0.1) is 12.8 Å². The van der Waals surface area contributed by atoms with Crippen LogP contribution in [-0.4, -0.2) is 6.04 Å². The van der Waals surface area contributed by atoms with Crippen LogP contribution in [0.3, 0.4) is 0 Å². The maximum absolute atomic E-state index is 3.62. The molecule has 0 saturated heterocycles. The van der Waals surface area contributed by atoms with Crippen LogP contribution in [0.15, 0.2) is 24.3 Å². The van der Waals surface area contributed by atoms with Gasteiger partial charge in [-0.2, -0.15) is 0 Å². The molecule has 1 nitrogen and oxygen atoms in total. The summed E-state index contributed by atoms with van der Waals surface area (Å²) in [5.74, 6) is 0.830. The van der Waals surface area contributed by atoms with Crippen molar-refractivity contribution in [3.63, 3.8) is 0 Å². The molecule has 0 aliphatic heterocycles. The zero-order valence-corrected chi connectivity index (χ0v) is 9.09. The van der Waals surface area contributed by atoms with Gasteiger partial charge >= 0.3 is 0 Å². The zero-order valence-electron chi connectivity index (χ0n) is 9.09. The van der Waals surface area contributed by atoms with Crippen molar-refractivity contribution in [1.82, 2.24) is 0 Å². The van der Waals surface area contributed by atoms with Crippen molar-refractivity contribution >= 4 is 5.69 Å². The number of nitrogens with one attached hydrogen (secondary N) is 1. The first-order valence-corrected chi connectivity index (χ1v) is 5.59. The average Bonchev–Trinajstić information content (AvgIpc) is 2.56. The fourth-order valence-corrected chi connectivity index (χ4v) is 2.22. The van der Waals surface area contributed by atoms with Crippen molar-refractivity contribution in [2.24, 2.45) is 5.92 Å². The molecule has 2 unspecified atom stereocenters. The summed E-state index contributed by atoms with van der Waals surface area (Å²) >= 11 is 0. The molecule has 0 amide bonds. The van der Waals surface area contributed by atoms with Crippen LogP contribution in [0.2, 0.25) is 0 Å². The molecule has 1 aliphatic rings. The van der Waals surface area contributed by atoms with Crippen molar-refractivity contribution in [2.45, 2.75) is 39.2 Å². The molecule has 1 fully saturated rings. The van der Waals surface area contributed by atoms with E-state index in [2.05, 4.69) is 43.4 Å². The lowest BCUT2D eigenvalue weighted by atomic mass is 10.1. The summed E-state index contributed by atoms with van der Waals surface area (Å²) in [5.41, 5.74) is 2.60. The summed E-state index contributed by atoms with van der Waals surface area (Å²) in [7, 11) is 0. The summed E-state index contributed by atoms with van der Waals surface area (Å²) in [4.78, 5) is 0. The lowest BCUT2D eigenvalue weighted by Crippen LogP contribution is -2.21. The molecule has 2 atom stereocenters. The van der Waals surface area contributed by atoms with Gasteiger partial charge in [-0.25, -0.2) is 0 Å². The van der Waals surface area contributed by atoms with Gasteiger partial charge in [0.1, 0.15) is 0 Å². The second-order valence-electron chi connectivity index (χ2n) is 4.53. The Kier molecular flexibility index (Phi) is 2.76. The van der Waals surface area contributed by atoms with Crippen molar-refractivity contribution in [2.75, 3.05) is 5.32 Å². The third-order valence-corrected chi connectivity index (χ3v) is 3.27. The minimum absolute atomic E-state index is 0.692. The Balaban J connectivity index is 2.00. The average molecular weight is 189 g/mol. The van der Waals surface area contributed by atoms with Gasteiger partial charge in [0.05, 0.1) is 0 Å². The smallest absolute Gasteiger partial charge is 0.0342 e. The SMILES string of the molecule is Cc1ccc(NC2CCCC2C)cc1. The Morgan fingerprint density at radius 2 is 1.86 bits per heavy atom. The minimum Gasteiger partial charge on any atom is -0.382 e. The van der Waals surface area contributed by atoms with E-state index < -0.39 is 0 Å². The predicted octanol–water partition coefficient (Wildman–Crippen LogP) is 3.60. The van der Waals surface area contributed by atoms with Crippen LogP contribution in [-0.2, 0) is 0 Å². The van der Waals surface area contributed by atoms with Crippen molar-refractivity contribution in [1.29, 1.82) is 0 Å². The largest absolute Gasteiger partial charge is 0.382 e. The highest BCUT2D eigenvalue weighted by molar-refractivity contribution is 5.45. The van der Waals surface area contributed by atoms with Gasteiger partial charge in [0.15, 0.2) is 0 Å².